The molecule has 0 bridgehead atoms. The Labute approximate surface area is 126 Å². The highest BCUT2D eigenvalue weighted by Crippen LogP contribution is 2.21. The van der Waals surface area contributed by atoms with Gasteiger partial charge in [0.2, 0.25) is 0 Å². The second-order valence-electron chi connectivity index (χ2n) is 5.55. The number of piperidine rings is 1. The zero-order valence-electron chi connectivity index (χ0n) is 12.9. The maximum Gasteiger partial charge on any atom is 0.340 e. The van der Waals surface area contributed by atoms with Crippen LogP contribution >= 0.6 is 0 Å². The van der Waals surface area contributed by atoms with Gasteiger partial charge in [0.25, 0.3) is 0 Å². The minimum absolute atomic E-state index is 0.396. The first-order valence-corrected chi connectivity index (χ1v) is 7.58. The lowest BCUT2D eigenvalue weighted by Gasteiger charge is -2.31. The maximum absolute atomic E-state index is 11.6. The van der Waals surface area contributed by atoms with E-state index < -0.39 is 5.97 Å². The third kappa shape index (κ3) is 4.11. The molecule has 0 aliphatic carbocycles. The van der Waals surface area contributed by atoms with E-state index in [1.165, 1.54) is 33.0 Å². The standard InChI is InChI=1S/C16H25N3O2/c1-3-19-8-6-12(7-9-19)11-18-13-4-5-15(17)14(10-13)16(20)21-2/h4-5,10,12,18H,3,6-9,11,17H2,1-2H3. The quantitative estimate of drug-likeness (QED) is 0.643. The lowest BCUT2D eigenvalue weighted by atomic mass is 9.96. The Balaban J connectivity index is 1.90. The molecule has 1 saturated heterocycles. The summed E-state index contributed by atoms with van der Waals surface area (Å²) in [5, 5.41) is 3.41. The largest absolute Gasteiger partial charge is 0.465 e. The predicted molar refractivity (Wildman–Crippen MR) is 85.5 cm³/mol. The van der Waals surface area contributed by atoms with Crippen LogP contribution in [0.3, 0.4) is 0 Å². The van der Waals surface area contributed by atoms with Gasteiger partial charge in [-0.15, -0.1) is 0 Å². The molecule has 0 atom stereocenters. The van der Waals surface area contributed by atoms with Crippen molar-refractivity contribution in [1.29, 1.82) is 0 Å². The molecule has 1 heterocycles. The van der Waals surface area contributed by atoms with E-state index in [1.54, 1.807) is 12.1 Å². The molecule has 5 heteroatoms. The number of nitrogen functional groups attached to an aromatic ring is 1. The molecule has 0 aromatic heterocycles. The molecule has 1 aliphatic heterocycles. The number of likely N-dealkylation sites (tertiary alicyclic amines) is 1. The number of ether oxygens (including phenoxy) is 1. The van der Waals surface area contributed by atoms with Crippen LogP contribution in [-0.4, -0.2) is 44.2 Å². The Hall–Kier alpha value is -1.75. The van der Waals surface area contributed by atoms with Gasteiger partial charge in [0.15, 0.2) is 0 Å². The number of rotatable bonds is 5. The second-order valence-corrected chi connectivity index (χ2v) is 5.55. The van der Waals surface area contributed by atoms with Crippen LogP contribution in [0.1, 0.15) is 30.1 Å². The molecular weight excluding hydrogens is 266 g/mol. The van der Waals surface area contributed by atoms with Crippen LogP contribution in [0.5, 0.6) is 0 Å². The first kappa shape index (κ1) is 15.6. The molecule has 21 heavy (non-hydrogen) atoms. The lowest BCUT2D eigenvalue weighted by molar-refractivity contribution is 0.0602. The number of anilines is 2. The van der Waals surface area contributed by atoms with E-state index in [1.807, 2.05) is 6.07 Å². The molecule has 0 amide bonds. The number of methoxy groups -OCH3 is 1. The van der Waals surface area contributed by atoms with Crippen LogP contribution in [0.4, 0.5) is 11.4 Å². The summed E-state index contributed by atoms with van der Waals surface area (Å²) in [5.41, 5.74) is 7.59. The van der Waals surface area contributed by atoms with Crippen LogP contribution < -0.4 is 11.1 Å². The average Bonchev–Trinajstić information content (AvgIpc) is 2.53. The summed E-state index contributed by atoms with van der Waals surface area (Å²) >= 11 is 0. The molecule has 0 saturated carbocycles. The van der Waals surface area contributed by atoms with Crippen molar-refractivity contribution in [3.63, 3.8) is 0 Å². The molecule has 0 spiro atoms. The average molecular weight is 291 g/mol. The van der Waals surface area contributed by atoms with E-state index in [0.29, 0.717) is 17.2 Å². The summed E-state index contributed by atoms with van der Waals surface area (Å²) in [5.74, 6) is 0.291. The Bertz CT molecular complexity index is 482. The molecule has 0 radical (unpaired) electrons. The second kappa shape index (κ2) is 7.31. The van der Waals surface area contributed by atoms with Gasteiger partial charge >= 0.3 is 5.97 Å². The minimum Gasteiger partial charge on any atom is -0.465 e. The molecule has 1 aromatic carbocycles. The fraction of sp³-hybridized carbons (Fsp3) is 0.562. The van der Waals surface area contributed by atoms with Crippen molar-refractivity contribution in [2.45, 2.75) is 19.8 Å². The smallest absolute Gasteiger partial charge is 0.340 e. The van der Waals surface area contributed by atoms with Crippen LogP contribution in [0.2, 0.25) is 0 Å². The van der Waals surface area contributed by atoms with Gasteiger partial charge in [-0.3, -0.25) is 0 Å². The molecule has 116 valence electrons. The zero-order chi connectivity index (χ0) is 15.2. The molecule has 3 N–H and O–H groups in total. The number of benzene rings is 1. The van der Waals surface area contributed by atoms with Gasteiger partial charge in [0.05, 0.1) is 12.7 Å². The third-order valence-corrected chi connectivity index (χ3v) is 4.21. The Morgan fingerprint density at radius 3 is 2.76 bits per heavy atom. The Morgan fingerprint density at radius 2 is 2.14 bits per heavy atom. The summed E-state index contributed by atoms with van der Waals surface area (Å²) in [6.07, 6.45) is 2.44. The van der Waals surface area contributed by atoms with E-state index in [-0.39, 0.29) is 0 Å². The number of hydrogen-bond acceptors (Lipinski definition) is 5. The lowest BCUT2D eigenvalue weighted by Crippen LogP contribution is -2.35. The Kier molecular flexibility index (Phi) is 5.44. The summed E-state index contributed by atoms with van der Waals surface area (Å²) in [6, 6.07) is 5.42. The molecule has 1 aromatic rings. The molecule has 0 unspecified atom stereocenters. The molecule has 1 aliphatic rings. The molecule has 2 rings (SSSR count). The number of carbonyl (C=O) groups is 1. The Morgan fingerprint density at radius 1 is 1.43 bits per heavy atom. The van der Waals surface area contributed by atoms with E-state index in [4.69, 9.17) is 10.5 Å². The van der Waals surface area contributed by atoms with E-state index >= 15 is 0 Å². The predicted octanol–water partition coefficient (Wildman–Crippen LogP) is 2.20. The topological polar surface area (TPSA) is 67.6 Å². The highest BCUT2D eigenvalue weighted by Gasteiger charge is 2.18. The highest BCUT2D eigenvalue weighted by molar-refractivity contribution is 5.96. The molecule has 1 fully saturated rings. The maximum atomic E-state index is 11.6. The van der Waals surface area contributed by atoms with Gasteiger partial charge in [-0.1, -0.05) is 6.92 Å². The van der Waals surface area contributed by atoms with Crippen LogP contribution in [0.25, 0.3) is 0 Å². The van der Waals surface area contributed by atoms with Gasteiger partial charge in [-0.2, -0.15) is 0 Å². The van der Waals surface area contributed by atoms with Crippen molar-refractivity contribution < 1.29 is 9.53 Å². The van der Waals surface area contributed by atoms with Gasteiger partial charge in [0, 0.05) is 17.9 Å². The number of nitrogens with zero attached hydrogens (tertiary/aromatic N) is 1. The first-order valence-electron chi connectivity index (χ1n) is 7.58. The normalized spacial score (nSPS) is 16.7. The summed E-state index contributed by atoms with van der Waals surface area (Å²) in [7, 11) is 1.36. The monoisotopic (exact) mass is 291 g/mol. The van der Waals surface area contributed by atoms with Gasteiger partial charge in [-0.25, -0.2) is 4.79 Å². The van der Waals surface area contributed by atoms with Crippen molar-refractivity contribution in [2.75, 3.05) is 44.3 Å². The summed E-state index contributed by atoms with van der Waals surface area (Å²) < 4.78 is 4.74. The first-order chi connectivity index (χ1) is 10.1. The molecular formula is C16H25N3O2. The van der Waals surface area contributed by atoms with Crippen molar-refractivity contribution in [3.8, 4) is 0 Å². The van der Waals surface area contributed by atoms with E-state index in [2.05, 4.69) is 17.1 Å². The summed E-state index contributed by atoms with van der Waals surface area (Å²) in [6.45, 7) is 6.64. The fourth-order valence-corrected chi connectivity index (χ4v) is 2.72. The van der Waals surface area contributed by atoms with Crippen LogP contribution in [0, 0.1) is 5.92 Å². The van der Waals surface area contributed by atoms with Gasteiger partial charge in [-0.05, 0) is 56.6 Å². The van der Waals surface area contributed by atoms with E-state index in [0.717, 1.165) is 18.8 Å². The van der Waals surface area contributed by atoms with Crippen molar-refractivity contribution >= 4 is 17.3 Å². The SMILES string of the molecule is CCN1CCC(CNc2ccc(N)c(C(=O)OC)c2)CC1. The highest BCUT2D eigenvalue weighted by atomic mass is 16.5. The number of carbonyl (C=O) groups excluding carboxylic acids is 1. The van der Waals surface area contributed by atoms with Crippen LogP contribution in [0.15, 0.2) is 18.2 Å². The zero-order valence-corrected chi connectivity index (χ0v) is 12.9. The number of nitrogens with one attached hydrogen (secondary N) is 1. The van der Waals surface area contributed by atoms with Gasteiger partial charge < -0.3 is 20.7 Å². The van der Waals surface area contributed by atoms with E-state index in [9.17, 15) is 4.79 Å². The van der Waals surface area contributed by atoms with Crippen LogP contribution in [-0.2, 0) is 4.74 Å². The fourth-order valence-electron chi connectivity index (χ4n) is 2.72. The van der Waals surface area contributed by atoms with Crippen molar-refractivity contribution in [3.05, 3.63) is 23.8 Å². The van der Waals surface area contributed by atoms with Crippen molar-refractivity contribution in [1.82, 2.24) is 4.90 Å². The van der Waals surface area contributed by atoms with Gasteiger partial charge in [0.1, 0.15) is 0 Å². The minimum atomic E-state index is -0.396. The number of esters is 1. The molecule has 5 nitrogen and oxygen atoms in total. The number of hydrogen-bond donors (Lipinski definition) is 2. The third-order valence-electron chi connectivity index (χ3n) is 4.21. The van der Waals surface area contributed by atoms with Crippen molar-refractivity contribution in [2.24, 2.45) is 5.92 Å². The number of nitrogens with two attached hydrogens (primary N) is 1. The summed E-state index contributed by atoms with van der Waals surface area (Å²) in [4.78, 5) is 14.1.